The van der Waals surface area contributed by atoms with E-state index < -0.39 is 0 Å². The van der Waals surface area contributed by atoms with E-state index in [1.165, 1.54) is 0 Å². The molecule has 1 saturated heterocycles. The summed E-state index contributed by atoms with van der Waals surface area (Å²) in [5.41, 5.74) is 2.15. The fourth-order valence-corrected chi connectivity index (χ4v) is 2.86. The number of benzene rings is 1. The van der Waals surface area contributed by atoms with Crippen molar-refractivity contribution in [1.82, 2.24) is 10.2 Å². The number of para-hydroxylation sites is 1. The van der Waals surface area contributed by atoms with Gasteiger partial charge in [-0.25, -0.2) is 0 Å². The largest absolute Gasteiger partial charge is 0.483 e. The first kappa shape index (κ1) is 14.9. The van der Waals surface area contributed by atoms with E-state index in [4.69, 9.17) is 4.74 Å². The molecule has 1 amide bonds. The van der Waals surface area contributed by atoms with E-state index in [2.05, 4.69) is 5.32 Å². The van der Waals surface area contributed by atoms with Gasteiger partial charge in [0.1, 0.15) is 5.75 Å². The van der Waals surface area contributed by atoms with Crippen LogP contribution in [0.4, 0.5) is 0 Å². The van der Waals surface area contributed by atoms with Gasteiger partial charge in [-0.3, -0.25) is 4.79 Å². The van der Waals surface area contributed by atoms with Gasteiger partial charge in [-0.1, -0.05) is 18.2 Å². The predicted octanol–water partition coefficient (Wildman–Crippen LogP) is 1.89. The highest BCUT2D eigenvalue weighted by atomic mass is 16.5. The zero-order valence-electron chi connectivity index (χ0n) is 12.6. The molecule has 20 heavy (non-hydrogen) atoms. The molecule has 1 aliphatic rings. The second-order valence-corrected chi connectivity index (χ2v) is 5.45. The van der Waals surface area contributed by atoms with E-state index in [0.29, 0.717) is 6.04 Å². The normalized spacial score (nSPS) is 18.4. The minimum absolute atomic E-state index is 0.0883. The van der Waals surface area contributed by atoms with Gasteiger partial charge in [0.05, 0.1) is 0 Å². The number of rotatable bonds is 5. The van der Waals surface area contributed by atoms with Crippen LogP contribution in [0.5, 0.6) is 5.75 Å². The standard InChI is InChI=1S/C16H24N2O2/c1-12-6-4-7-13(2)16(12)20-11-15(19)18-9-5-8-14(18)10-17-3/h4,6-7,14,17H,5,8-11H2,1-3H3. The lowest BCUT2D eigenvalue weighted by Gasteiger charge is -2.24. The van der Waals surface area contributed by atoms with E-state index in [0.717, 1.165) is 42.8 Å². The molecule has 0 saturated carbocycles. The quantitative estimate of drug-likeness (QED) is 0.893. The van der Waals surface area contributed by atoms with Crippen LogP contribution in [-0.2, 0) is 4.79 Å². The molecule has 4 nitrogen and oxygen atoms in total. The molecule has 1 aromatic rings. The number of carbonyl (C=O) groups excluding carboxylic acids is 1. The van der Waals surface area contributed by atoms with Gasteiger partial charge in [-0.2, -0.15) is 0 Å². The summed E-state index contributed by atoms with van der Waals surface area (Å²) in [6, 6.07) is 6.33. The summed E-state index contributed by atoms with van der Waals surface area (Å²) in [4.78, 5) is 14.2. The van der Waals surface area contributed by atoms with Crippen molar-refractivity contribution in [1.29, 1.82) is 0 Å². The number of aryl methyl sites for hydroxylation is 2. The zero-order valence-corrected chi connectivity index (χ0v) is 12.6. The van der Waals surface area contributed by atoms with Crippen LogP contribution in [0, 0.1) is 13.8 Å². The molecule has 4 heteroatoms. The van der Waals surface area contributed by atoms with E-state index >= 15 is 0 Å². The Morgan fingerprint density at radius 3 is 2.75 bits per heavy atom. The van der Waals surface area contributed by atoms with Crippen LogP contribution < -0.4 is 10.1 Å². The van der Waals surface area contributed by atoms with E-state index in [-0.39, 0.29) is 12.5 Å². The number of hydrogen-bond acceptors (Lipinski definition) is 3. The first-order valence-corrected chi connectivity index (χ1v) is 7.26. The first-order valence-electron chi connectivity index (χ1n) is 7.26. The maximum Gasteiger partial charge on any atom is 0.260 e. The first-order chi connectivity index (χ1) is 9.63. The number of ether oxygens (including phenoxy) is 1. The van der Waals surface area contributed by atoms with E-state index in [1.807, 2.05) is 44.0 Å². The Bertz CT molecular complexity index is 453. The third-order valence-electron chi connectivity index (χ3n) is 3.89. The highest BCUT2D eigenvalue weighted by Crippen LogP contribution is 2.23. The van der Waals surface area contributed by atoms with Crippen LogP contribution in [0.1, 0.15) is 24.0 Å². The van der Waals surface area contributed by atoms with Gasteiger partial charge in [0.15, 0.2) is 6.61 Å². The molecule has 1 heterocycles. The van der Waals surface area contributed by atoms with Crippen molar-refractivity contribution in [3.8, 4) is 5.75 Å². The second kappa shape index (κ2) is 6.75. The molecular formula is C16H24N2O2. The predicted molar refractivity (Wildman–Crippen MR) is 80.1 cm³/mol. The van der Waals surface area contributed by atoms with Gasteiger partial charge in [0, 0.05) is 19.1 Å². The summed E-state index contributed by atoms with van der Waals surface area (Å²) in [6.45, 7) is 5.85. The van der Waals surface area contributed by atoms with E-state index in [9.17, 15) is 4.79 Å². The minimum Gasteiger partial charge on any atom is -0.483 e. The van der Waals surface area contributed by atoms with Crippen molar-refractivity contribution >= 4 is 5.91 Å². The number of carbonyl (C=O) groups is 1. The fraction of sp³-hybridized carbons (Fsp3) is 0.562. The molecule has 0 aromatic heterocycles. The van der Waals surface area contributed by atoms with Gasteiger partial charge >= 0.3 is 0 Å². The SMILES string of the molecule is CNCC1CCCN1C(=O)COc1c(C)cccc1C. The number of hydrogen-bond donors (Lipinski definition) is 1. The third-order valence-corrected chi connectivity index (χ3v) is 3.89. The van der Waals surface area contributed by atoms with Crippen LogP contribution >= 0.6 is 0 Å². The Kier molecular flexibility index (Phi) is 5.01. The van der Waals surface area contributed by atoms with Crippen molar-refractivity contribution in [2.75, 3.05) is 26.7 Å². The minimum atomic E-state index is 0.0883. The van der Waals surface area contributed by atoms with Crippen LogP contribution in [0.25, 0.3) is 0 Å². The van der Waals surface area contributed by atoms with Crippen LogP contribution in [-0.4, -0.2) is 43.6 Å². The lowest BCUT2D eigenvalue weighted by atomic mass is 10.1. The number of nitrogens with zero attached hydrogens (tertiary/aromatic N) is 1. The maximum absolute atomic E-state index is 12.3. The van der Waals surface area contributed by atoms with Gasteiger partial charge in [-0.15, -0.1) is 0 Å². The second-order valence-electron chi connectivity index (χ2n) is 5.45. The highest BCUT2D eigenvalue weighted by molar-refractivity contribution is 5.78. The molecule has 0 radical (unpaired) electrons. The average Bonchev–Trinajstić information content (AvgIpc) is 2.87. The molecule has 1 N–H and O–H groups in total. The monoisotopic (exact) mass is 276 g/mol. The van der Waals surface area contributed by atoms with Gasteiger partial charge in [0.2, 0.25) is 0 Å². The highest BCUT2D eigenvalue weighted by Gasteiger charge is 2.28. The lowest BCUT2D eigenvalue weighted by molar-refractivity contribution is -0.134. The van der Waals surface area contributed by atoms with Crippen molar-refractivity contribution < 1.29 is 9.53 Å². The molecule has 0 spiro atoms. The Balaban J connectivity index is 1.95. The summed E-state index contributed by atoms with van der Waals surface area (Å²) >= 11 is 0. The Morgan fingerprint density at radius 1 is 1.40 bits per heavy atom. The van der Waals surface area contributed by atoms with Gasteiger partial charge in [0.25, 0.3) is 5.91 Å². The molecule has 1 aromatic carbocycles. The Hall–Kier alpha value is -1.55. The van der Waals surface area contributed by atoms with Crippen molar-refractivity contribution in [3.63, 3.8) is 0 Å². The summed E-state index contributed by atoms with van der Waals surface area (Å²) < 4.78 is 5.76. The number of likely N-dealkylation sites (tertiary alicyclic amines) is 1. The zero-order chi connectivity index (χ0) is 14.5. The fourth-order valence-electron chi connectivity index (χ4n) is 2.86. The van der Waals surface area contributed by atoms with Crippen molar-refractivity contribution in [2.24, 2.45) is 0 Å². The molecule has 0 bridgehead atoms. The molecule has 2 rings (SSSR count). The van der Waals surface area contributed by atoms with Crippen LogP contribution in [0.2, 0.25) is 0 Å². The van der Waals surface area contributed by atoms with Crippen LogP contribution in [0.15, 0.2) is 18.2 Å². The molecule has 1 unspecified atom stereocenters. The summed E-state index contributed by atoms with van der Waals surface area (Å²) in [5.74, 6) is 0.926. The Labute approximate surface area is 121 Å². The number of nitrogens with one attached hydrogen (secondary N) is 1. The molecule has 1 aliphatic heterocycles. The summed E-state index contributed by atoms with van der Waals surface area (Å²) in [7, 11) is 1.92. The molecule has 1 atom stereocenters. The topological polar surface area (TPSA) is 41.6 Å². The van der Waals surface area contributed by atoms with Gasteiger partial charge < -0.3 is 15.0 Å². The Morgan fingerprint density at radius 2 is 2.10 bits per heavy atom. The maximum atomic E-state index is 12.3. The number of likely N-dealkylation sites (N-methyl/N-ethyl adjacent to an activating group) is 1. The van der Waals surface area contributed by atoms with Crippen LogP contribution in [0.3, 0.4) is 0 Å². The van der Waals surface area contributed by atoms with Crippen molar-refractivity contribution in [3.05, 3.63) is 29.3 Å². The molecule has 0 aliphatic carbocycles. The van der Waals surface area contributed by atoms with Crippen molar-refractivity contribution in [2.45, 2.75) is 32.7 Å². The van der Waals surface area contributed by atoms with E-state index in [1.54, 1.807) is 0 Å². The molecular weight excluding hydrogens is 252 g/mol. The summed E-state index contributed by atoms with van der Waals surface area (Å²) in [5, 5.41) is 3.15. The molecule has 110 valence electrons. The summed E-state index contributed by atoms with van der Waals surface area (Å²) in [6.07, 6.45) is 2.16. The molecule has 1 fully saturated rings. The third kappa shape index (κ3) is 3.31. The van der Waals surface area contributed by atoms with Gasteiger partial charge in [-0.05, 0) is 44.9 Å². The lowest BCUT2D eigenvalue weighted by Crippen LogP contribution is -2.43. The number of amides is 1. The smallest absolute Gasteiger partial charge is 0.260 e. The average molecular weight is 276 g/mol.